The van der Waals surface area contributed by atoms with Crippen molar-refractivity contribution in [3.05, 3.63) is 87.2 Å². The normalized spacial score (nSPS) is 11.7. The van der Waals surface area contributed by atoms with Gasteiger partial charge in [-0.2, -0.15) is 10.4 Å². The molecule has 0 spiro atoms. The van der Waals surface area contributed by atoms with Crippen LogP contribution in [-0.4, -0.2) is 20.1 Å². The van der Waals surface area contributed by atoms with Gasteiger partial charge in [-0.1, -0.05) is 35.6 Å². The van der Waals surface area contributed by atoms with Gasteiger partial charge in [-0.3, -0.25) is 14.9 Å². The average molecular weight is 475 g/mol. The van der Waals surface area contributed by atoms with Gasteiger partial charge >= 0.3 is 0 Å². The van der Waals surface area contributed by atoms with E-state index < -0.39 is 5.82 Å². The van der Waals surface area contributed by atoms with Crippen LogP contribution in [0.2, 0.25) is 0 Å². The van der Waals surface area contributed by atoms with Gasteiger partial charge in [0, 0.05) is 7.05 Å². The number of hydrazone groups is 1. The van der Waals surface area contributed by atoms with Gasteiger partial charge in [0.25, 0.3) is 5.56 Å². The van der Waals surface area contributed by atoms with Gasteiger partial charge in [-0.15, -0.1) is 10.2 Å². The molecule has 0 saturated carbocycles. The number of para-hydroxylation sites is 1. The number of azo groups is 1. The molecule has 34 heavy (non-hydrogen) atoms. The van der Waals surface area contributed by atoms with Crippen LogP contribution in [0.15, 0.2) is 74.7 Å². The highest BCUT2D eigenvalue weighted by Gasteiger charge is 2.17. The Bertz CT molecular complexity index is 1510. The summed E-state index contributed by atoms with van der Waals surface area (Å²) in [5.41, 5.74) is 4.89. The Kier molecular flexibility index (Phi) is 6.42. The van der Waals surface area contributed by atoms with Gasteiger partial charge in [-0.05, 0) is 44.2 Å². The van der Waals surface area contributed by atoms with Crippen LogP contribution in [0.1, 0.15) is 16.4 Å². The molecule has 4 aromatic rings. The lowest BCUT2D eigenvalue weighted by Crippen LogP contribution is -2.19. The topological polar surface area (TPSA) is 113 Å². The second kappa shape index (κ2) is 9.60. The highest BCUT2D eigenvalue weighted by Crippen LogP contribution is 2.30. The van der Waals surface area contributed by atoms with Gasteiger partial charge in [0.15, 0.2) is 21.4 Å². The number of thiazole rings is 1. The van der Waals surface area contributed by atoms with E-state index in [1.165, 1.54) is 22.9 Å². The molecule has 0 amide bonds. The van der Waals surface area contributed by atoms with E-state index in [2.05, 4.69) is 25.7 Å². The molecule has 1 N–H and O–H groups in total. The standard InChI is InChI=1S/C23H19FN8OS/c1-14-21(34-22(26-14)19(13-25)28-27-17-9-7-8-16(24)12-17)30-29-20-15(2)31(3)32(23(20)33)18-10-5-4-6-11-18/h4-12,27H,1-3H3. The summed E-state index contributed by atoms with van der Waals surface area (Å²) in [6, 6.07) is 17.0. The molecule has 11 heteroatoms. The first-order valence-corrected chi connectivity index (χ1v) is 10.9. The second-order valence-electron chi connectivity index (χ2n) is 7.21. The van der Waals surface area contributed by atoms with Gasteiger partial charge in [0.1, 0.15) is 11.9 Å². The number of benzene rings is 2. The molecule has 170 valence electrons. The molecule has 0 radical (unpaired) electrons. The zero-order valence-electron chi connectivity index (χ0n) is 18.5. The van der Waals surface area contributed by atoms with Gasteiger partial charge in [-0.25, -0.2) is 14.1 Å². The summed E-state index contributed by atoms with van der Waals surface area (Å²) in [7, 11) is 1.78. The number of halogens is 1. The van der Waals surface area contributed by atoms with Crippen LogP contribution in [0.3, 0.4) is 0 Å². The third-order valence-electron chi connectivity index (χ3n) is 4.97. The Morgan fingerprint density at radius 3 is 2.62 bits per heavy atom. The van der Waals surface area contributed by atoms with Crippen molar-refractivity contribution in [2.75, 3.05) is 5.43 Å². The van der Waals surface area contributed by atoms with Crippen molar-refractivity contribution < 1.29 is 4.39 Å². The summed E-state index contributed by atoms with van der Waals surface area (Å²) < 4.78 is 16.6. The molecule has 2 heterocycles. The summed E-state index contributed by atoms with van der Waals surface area (Å²) in [6.45, 7) is 3.52. The molecule has 2 aromatic carbocycles. The molecule has 0 bridgehead atoms. The van der Waals surface area contributed by atoms with Crippen molar-refractivity contribution in [1.82, 2.24) is 14.3 Å². The van der Waals surface area contributed by atoms with Crippen LogP contribution in [0.25, 0.3) is 5.69 Å². The first kappa shape index (κ1) is 22.8. The van der Waals surface area contributed by atoms with E-state index in [1.807, 2.05) is 36.4 Å². The monoisotopic (exact) mass is 474 g/mol. The zero-order valence-corrected chi connectivity index (χ0v) is 19.3. The fraction of sp³-hybridized carbons (Fsp3) is 0.130. The summed E-state index contributed by atoms with van der Waals surface area (Å²) >= 11 is 1.11. The van der Waals surface area contributed by atoms with Crippen LogP contribution in [-0.2, 0) is 7.05 Å². The Morgan fingerprint density at radius 1 is 1.15 bits per heavy atom. The summed E-state index contributed by atoms with van der Waals surface area (Å²) in [5, 5.41) is 22.7. The number of aryl methyl sites for hydroxylation is 1. The molecular formula is C23H19FN8OS. The van der Waals surface area contributed by atoms with Crippen molar-refractivity contribution in [2.24, 2.45) is 22.4 Å². The molecular weight excluding hydrogens is 455 g/mol. The smallest absolute Gasteiger partial charge is 0.283 e. The van der Waals surface area contributed by atoms with Crippen LogP contribution in [0.4, 0.5) is 20.8 Å². The Morgan fingerprint density at radius 2 is 1.91 bits per heavy atom. The molecule has 0 fully saturated rings. The van der Waals surface area contributed by atoms with Gasteiger partial charge in [0.05, 0.1) is 22.8 Å². The Hall–Kier alpha value is -4.43. The number of hydrogen-bond acceptors (Lipinski definition) is 8. The first-order valence-electron chi connectivity index (χ1n) is 10.1. The largest absolute Gasteiger partial charge is 0.299 e. The number of nitrogens with zero attached hydrogens (tertiary/aromatic N) is 7. The highest BCUT2D eigenvalue weighted by molar-refractivity contribution is 7.17. The fourth-order valence-electron chi connectivity index (χ4n) is 3.15. The van der Waals surface area contributed by atoms with E-state index in [9.17, 15) is 14.4 Å². The van der Waals surface area contributed by atoms with Crippen molar-refractivity contribution in [1.29, 1.82) is 5.26 Å². The molecule has 2 aromatic heterocycles. The number of rotatable bonds is 6. The molecule has 0 atom stereocenters. The minimum atomic E-state index is -0.422. The quantitative estimate of drug-likeness (QED) is 0.237. The van der Waals surface area contributed by atoms with Crippen molar-refractivity contribution in [3.8, 4) is 11.8 Å². The Balaban J connectivity index is 1.62. The maximum atomic E-state index is 13.3. The average Bonchev–Trinajstić information content (AvgIpc) is 3.29. The molecule has 0 aliphatic heterocycles. The molecule has 0 aliphatic rings. The van der Waals surface area contributed by atoms with E-state index >= 15 is 0 Å². The van der Waals surface area contributed by atoms with Gasteiger partial charge < -0.3 is 0 Å². The number of anilines is 1. The van der Waals surface area contributed by atoms with Crippen LogP contribution < -0.4 is 11.0 Å². The molecule has 0 unspecified atom stereocenters. The maximum Gasteiger partial charge on any atom is 0.299 e. The van der Waals surface area contributed by atoms with Crippen molar-refractivity contribution >= 4 is 33.4 Å². The fourth-order valence-corrected chi connectivity index (χ4v) is 3.98. The van der Waals surface area contributed by atoms with E-state index in [1.54, 1.807) is 31.6 Å². The summed E-state index contributed by atoms with van der Waals surface area (Å²) in [4.78, 5) is 17.3. The lowest BCUT2D eigenvalue weighted by molar-refractivity contribution is 0.628. The SMILES string of the molecule is Cc1nc(C(C#N)=NNc2cccc(F)c2)sc1N=Nc1c(C)n(C)n(-c2ccccc2)c1=O. The molecule has 0 aliphatic carbocycles. The third kappa shape index (κ3) is 4.53. The number of hydrogen-bond donors (Lipinski definition) is 1. The maximum absolute atomic E-state index is 13.3. The number of nitrogens with one attached hydrogen (secondary N) is 1. The van der Waals surface area contributed by atoms with Crippen LogP contribution >= 0.6 is 11.3 Å². The predicted molar refractivity (Wildman–Crippen MR) is 129 cm³/mol. The molecule has 0 saturated heterocycles. The second-order valence-corrected chi connectivity index (χ2v) is 8.19. The predicted octanol–water partition coefficient (Wildman–Crippen LogP) is 5.14. The third-order valence-corrected chi connectivity index (χ3v) is 6.02. The minimum absolute atomic E-state index is 0.0149. The van der Waals surface area contributed by atoms with E-state index in [0.717, 1.165) is 17.0 Å². The first-order chi connectivity index (χ1) is 16.4. The lowest BCUT2D eigenvalue weighted by Gasteiger charge is -2.07. The highest BCUT2D eigenvalue weighted by atomic mass is 32.1. The van der Waals surface area contributed by atoms with Gasteiger partial charge in [0.2, 0.25) is 0 Å². The Labute approximate surface area is 198 Å². The number of aromatic nitrogens is 3. The van der Waals surface area contributed by atoms with Crippen molar-refractivity contribution in [2.45, 2.75) is 13.8 Å². The van der Waals surface area contributed by atoms with Crippen molar-refractivity contribution in [3.63, 3.8) is 0 Å². The summed E-state index contributed by atoms with van der Waals surface area (Å²) in [6.07, 6.45) is 0. The van der Waals surface area contributed by atoms with E-state index in [4.69, 9.17) is 0 Å². The zero-order chi connectivity index (χ0) is 24.2. The van der Waals surface area contributed by atoms with E-state index in [-0.39, 0.29) is 17.0 Å². The molecule has 4 rings (SSSR count). The van der Waals surface area contributed by atoms with E-state index in [0.29, 0.717) is 27.1 Å². The summed E-state index contributed by atoms with van der Waals surface area (Å²) in [5.74, 6) is -0.422. The number of nitriles is 1. The molecule has 9 nitrogen and oxygen atoms in total. The van der Waals surface area contributed by atoms with Crippen LogP contribution in [0.5, 0.6) is 0 Å². The lowest BCUT2D eigenvalue weighted by atomic mass is 10.3. The minimum Gasteiger partial charge on any atom is -0.283 e. The van der Waals surface area contributed by atoms with Crippen LogP contribution in [0, 0.1) is 31.0 Å².